The SMILES string of the molecule is CCOc1cc(C=C2C(=N)N3C(=NC2=O)SN=C3S(=O)(=O)CC)ccc1OC(=O)c1ccco1. The van der Waals surface area contributed by atoms with Gasteiger partial charge in [-0.2, -0.15) is 9.39 Å². The molecule has 0 bridgehead atoms. The number of furan rings is 1. The Hall–Kier alpha value is -3.71. The van der Waals surface area contributed by atoms with Gasteiger partial charge in [0.2, 0.25) is 25.9 Å². The van der Waals surface area contributed by atoms with E-state index >= 15 is 0 Å². The molecule has 34 heavy (non-hydrogen) atoms. The number of hydrogen-bond acceptors (Lipinski definition) is 10. The second-order valence-corrected chi connectivity index (χ2v) is 9.72. The van der Waals surface area contributed by atoms with E-state index in [9.17, 15) is 18.0 Å². The molecule has 0 saturated carbocycles. The first-order valence-electron chi connectivity index (χ1n) is 9.99. The van der Waals surface area contributed by atoms with Crippen molar-refractivity contribution >= 4 is 55.9 Å². The lowest BCUT2D eigenvalue weighted by Crippen LogP contribution is -2.45. The summed E-state index contributed by atoms with van der Waals surface area (Å²) in [7, 11) is -3.75. The first kappa shape index (κ1) is 23.4. The number of amides is 1. The van der Waals surface area contributed by atoms with Crippen LogP contribution in [0.15, 0.2) is 56.0 Å². The maximum absolute atomic E-state index is 12.6. The van der Waals surface area contributed by atoms with Crippen LogP contribution in [0.3, 0.4) is 0 Å². The third-order valence-corrected chi connectivity index (χ3v) is 7.06. The minimum Gasteiger partial charge on any atom is -0.490 e. The van der Waals surface area contributed by atoms with E-state index in [0.29, 0.717) is 5.56 Å². The van der Waals surface area contributed by atoms with Gasteiger partial charge in [-0.25, -0.2) is 18.1 Å². The van der Waals surface area contributed by atoms with Crippen molar-refractivity contribution in [3.05, 3.63) is 53.5 Å². The van der Waals surface area contributed by atoms with E-state index in [0.717, 1.165) is 16.8 Å². The highest BCUT2D eigenvalue weighted by atomic mass is 32.2. The highest BCUT2D eigenvalue weighted by Gasteiger charge is 2.42. The molecule has 0 aliphatic carbocycles. The number of fused-ring (bicyclic) bond motifs is 1. The summed E-state index contributed by atoms with van der Waals surface area (Å²) in [6.07, 6.45) is 2.73. The van der Waals surface area contributed by atoms with Crippen LogP contribution >= 0.6 is 11.9 Å². The molecule has 2 aliphatic heterocycles. The topological polar surface area (TPSA) is 152 Å². The lowest BCUT2D eigenvalue weighted by molar-refractivity contribution is -0.114. The predicted octanol–water partition coefficient (Wildman–Crippen LogP) is 2.91. The van der Waals surface area contributed by atoms with Crippen LogP contribution in [-0.4, -0.2) is 53.7 Å². The molecule has 0 unspecified atom stereocenters. The summed E-state index contributed by atoms with van der Waals surface area (Å²) in [5, 5.41) is 8.15. The molecule has 11 nitrogen and oxygen atoms in total. The van der Waals surface area contributed by atoms with Gasteiger partial charge in [-0.1, -0.05) is 13.0 Å². The summed E-state index contributed by atoms with van der Waals surface area (Å²) in [5.41, 5.74) is 0.310. The van der Waals surface area contributed by atoms with Crippen molar-refractivity contribution in [3.8, 4) is 11.5 Å². The highest BCUT2D eigenvalue weighted by molar-refractivity contribution is 8.16. The van der Waals surface area contributed by atoms with Gasteiger partial charge in [-0.3, -0.25) is 10.2 Å². The van der Waals surface area contributed by atoms with Gasteiger partial charge in [0.1, 0.15) is 5.84 Å². The molecule has 1 N–H and O–H groups in total. The maximum Gasteiger partial charge on any atom is 0.379 e. The zero-order chi connectivity index (χ0) is 24.5. The molecule has 1 aromatic heterocycles. The number of nitrogens with zero attached hydrogens (tertiary/aromatic N) is 3. The first-order chi connectivity index (χ1) is 16.2. The number of amidine groups is 3. The molecule has 0 atom stereocenters. The monoisotopic (exact) mass is 502 g/mol. The van der Waals surface area contributed by atoms with Gasteiger partial charge >= 0.3 is 5.97 Å². The average molecular weight is 503 g/mol. The van der Waals surface area contributed by atoms with Crippen molar-refractivity contribution in [2.24, 2.45) is 9.39 Å². The van der Waals surface area contributed by atoms with E-state index in [4.69, 9.17) is 19.3 Å². The van der Waals surface area contributed by atoms with Crippen molar-refractivity contribution in [1.82, 2.24) is 4.90 Å². The van der Waals surface area contributed by atoms with E-state index < -0.39 is 21.7 Å². The number of sulfone groups is 1. The molecule has 1 amide bonds. The van der Waals surface area contributed by atoms with Crippen LogP contribution in [0, 0.1) is 5.41 Å². The standard InChI is InChI=1S/C21H18N4O7S2/c1-3-30-16-11-12(7-8-14(16)32-19(27)15-6-5-9-31-15)10-13-17(22)25-20(23-18(13)26)33-24-21(25)34(28,29)4-2/h5-11,22H,3-4H2,1-2H3. The van der Waals surface area contributed by atoms with Gasteiger partial charge in [0.05, 0.1) is 36.1 Å². The highest BCUT2D eigenvalue weighted by Crippen LogP contribution is 2.33. The third kappa shape index (κ3) is 4.39. The first-order valence-corrected chi connectivity index (χ1v) is 12.4. The number of aliphatic imine (C=N–C) groups is 1. The van der Waals surface area contributed by atoms with E-state index in [-0.39, 0.29) is 51.4 Å². The summed E-state index contributed by atoms with van der Waals surface area (Å²) in [6.45, 7) is 3.48. The molecule has 2 aliphatic rings. The van der Waals surface area contributed by atoms with Gasteiger partial charge in [-0.05, 0) is 42.8 Å². The number of rotatable bonds is 6. The van der Waals surface area contributed by atoms with Crippen molar-refractivity contribution < 1.29 is 31.9 Å². The number of carbonyl (C=O) groups is 2. The van der Waals surface area contributed by atoms with Crippen LogP contribution in [0.2, 0.25) is 0 Å². The number of esters is 1. The Morgan fingerprint density at radius 1 is 1.26 bits per heavy atom. The fraction of sp³-hybridized carbons (Fsp3) is 0.190. The maximum atomic E-state index is 12.6. The van der Waals surface area contributed by atoms with Crippen molar-refractivity contribution in [2.45, 2.75) is 13.8 Å². The minimum absolute atomic E-state index is 0.00867. The Morgan fingerprint density at radius 2 is 2.06 bits per heavy atom. The largest absolute Gasteiger partial charge is 0.490 e. The van der Waals surface area contributed by atoms with Crippen LogP contribution < -0.4 is 9.47 Å². The average Bonchev–Trinajstić information content (AvgIpc) is 3.49. The number of benzene rings is 1. The fourth-order valence-corrected chi connectivity index (χ4v) is 4.97. The second kappa shape index (κ2) is 9.27. The molecule has 0 radical (unpaired) electrons. The molecule has 2 aromatic rings. The van der Waals surface area contributed by atoms with Gasteiger partial charge in [-0.15, -0.1) is 0 Å². The molecule has 3 heterocycles. The number of nitrogens with one attached hydrogen (secondary N) is 1. The van der Waals surface area contributed by atoms with Crippen LogP contribution in [0.25, 0.3) is 6.08 Å². The third-order valence-electron chi connectivity index (χ3n) is 4.66. The number of hydrogen-bond donors (Lipinski definition) is 1. The van der Waals surface area contributed by atoms with Crippen LogP contribution in [0.1, 0.15) is 30.0 Å². The Morgan fingerprint density at radius 3 is 2.74 bits per heavy atom. The number of carbonyl (C=O) groups excluding carboxylic acids is 2. The predicted molar refractivity (Wildman–Crippen MR) is 126 cm³/mol. The van der Waals surface area contributed by atoms with Gasteiger partial charge in [0.15, 0.2) is 11.5 Å². The molecule has 1 aromatic carbocycles. The van der Waals surface area contributed by atoms with Crippen molar-refractivity contribution in [3.63, 3.8) is 0 Å². The normalized spacial score (nSPS) is 16.9. The Bertz CT molecular complexity index is 1380. The van der Waals surface area contributed by atoms with Crippen molar-refractivity contribution in [2.75, 3.05) is 12.4 Å². The summed E-state index contributed by atoms with van der Waals surface area (Å²) in [5.74, 6) is -1.61. The lowest BCUT2D eigenvalue weighted by atomic mass is 10.1. The molecule has 0 fully saturated rings. The quantitative estimate of drug-likeness (QED) is 0.272. The molecule has 13 heteroatoms. The molecule has 176 valence electrons. The lowest BCUT2D eigenvalue weighted by Gasteiger charge is -2.24. The molecular weight excluding hydrogens is 484 g/mol. The van der Waals surface area contributed by atoms with Gasteiger partial charge < -0.3 is 13.9 Å². The van der Waals surface area contributed by atoms with E-state index in [1.165, 1.54) is 37.5 Å². The molecule has 0 spiro atoms. The Labute approximate surface area is 198 Å². The van der Waals surface area contributed by atoms with E-state index in [1.807, 2.05) is 0 Å². The summed E-state index contributed by atoms with van der Waals surface area (Å²) in [4.78, 5) is 29.7. The van der Waals surface area contributed by atoms with Gasteiger partial charge in [0, 0.05) is 0 Å². The van der Waals surface area contributed by atoms with Gasteiger partial charge in [0.25, 0.3) is 5.91 Å². The second-order valence-electron chi connectivity index (χ2n) is 6.82. The zero-order valence-electron chi connectivity index (χ0n) is 18.0. The van der Waals surface area contributed by atoms with Crippen molar-refractivity contribution in [1.29, 1.82) is 5.41 Å². The van der Waals surface area contributed by atoms with Crippen LogP contribution in [0.4, 0.5) is 0 Å². The molecule has 4 rings (SSSR count). The fourth-order valence-electron chi connectivity index (χ4n) is 3.01. The molecular formula is C21H18N4O7S2. The Balaban J connectivity index is 1.66. The zero-order valence-corrected chi connectivity index (χ0v) is 19.6. The number of ether oxygens (including phenoxy) is 2. The Kier molecular flexibility index (Phi) is 6.39. The van der Waals surface area contributed by atoms with Crippen LogP contribution in [0.5, 0.6) is 11.5 Å². The summed E-state index contributed by atoms with van der Waals surface area (Å²) < 4.78 is 44.6. The van der Waals surface area contributed by atoms with Crippen LogP contribution in [-0.2, 0) is 14.6 Å². The summed E-state index contributed by atoms with van der Waals surface area (Å²) >= 11 is 0.728. The smallest absolute Gasteiger partial charge is 0.379 e. The minimum atomic E-state index is -3.75. The summed E-state index contributed by atoms with van der Waals surface area (Å²) in [6, 6.07) is 7.57. The van der Waals surface area contributed by atoms with E-state index in [2.05, 4.69) is 9.39 Å². The van der Waals surface area contributed by atoms with E-state index in [1.54, 1.807) is 19.1 Å². The molecule has 0 saturated heterocycles.